The molecule has 0 atom stereocenters. The fraction of sp³-hybridized carbons (Fsp3) is 0.421. The predicted octanol–water partition coefficient (Wildman–Crippen LogP) is 3.11. The quantitative estimate of drug-likeness (QED) is 0.771. The Hall–Kier alpha value is -3.03. The Balaban J connectivity index is 1.77. The fourth-order valence-corrected chi connectivity index (χ4v) is 3.16. The van der Waals surface area contributed by atoms with Crippen LogP contribution in [0.15, 0.2) is 24.4 Å². The zero-order chi connectivity index (χ0) is 19.2. The number of anilines is 2. The third-order valence-electron chi connectivity index (χ3n) is 4.50. The summed E-state index contributed by atoms with van der Waals surface area (Å²) in [6.07, 6.45) is 6.20. The lowest BCUT2D eigenvalue weighted by atomic mass is 10.2. The number of hydrogen-bond acceptors (Lipinski definition) is 7. The van der Waals surface area contributed by atoms with E-state index < -0.39 is 0 Å². The van der Waals surface area contributed by atoms with Crippen LogP contribution in [-0.2, 0) is 0 Å². The van der Waals surface area contributed by atoms with Gasteiger partial charge in [0.2, 0.25) is 11.7 Å². The normalized spacial score (nSPS) is 13.9. The number of aromatic nitrogens is 2. The first-order valence-electron chi connectivity index (χ1n) is 8.85. The number of nitrogens with one attached hydrogen (secondary N) is 2. The molecule has 2 N–H and O–H groups in total. The predicted molar refractivity (Wildman–Crippen MR) is 102 cm³/mol. The minimum atomic E-state index is -0.346. The van der Waals surface area contributed by atoms with Crippen LogP contribution in [0.5, 0.6) is 17.2 Å². The molecule has 0 aliphatic heterocycles. The van der Waals surface area contributed by atoms with Crippen molar-refractivity contribution in [3.63, 3.8) is 0 Å². The molecule has 3 rings (SSSR count). The first-order valence-corrected chi connectivity index (χ1v) is 8.85. The Morgan fingerprint density at radius 1 is 1.07 bits per heavy atom. The maximum atomic E-state index is 12.6. The van der Waals surface area contributed by atoms with Gasteiger partial charge in [0.05, 0.1) is 21.3 Å². The molecule has 144 valence electrons. The van der Waals surface area contributed by atoms with Crippen LogP contribution in [0.2, 0.25) is 0 Å². The van der Waals surface area contributed by atoms with Crippen molar-refractivity contribution < 1.29 is 19.0 Å². The molecule has 0 radical (unpaired) electrons. The molecule has 2 aromatic rings. The molecule has 0 saturated heterocycles. The van der Waals surface area contributed by atoms with E-state index in [0.29, 0.717) is 34.9 Å². The molecule has 8 nitrogen and oxygen atoms in total. The van der Waals surface area contributed by atoms with E-state index >= 15 is 0 Å². The SMILES string of the molecule is COc1cc(NC(=O)c2ccnc(NC3CCCC3)n2)cc(OC)c1OC. The number of nitrogens with zero attached hydrogens (tertiary/aromatic N) is 2. The lowest BCUT2D eigenvalue weighted by Gasteiger charge is -2.15. The maximum absolute atomic E-state index is 12.6. The Morgan fingerprint density at radius 3 is 2.33 bits per heavy atom. The van der Waals surface area contributed by atoms with Gasteiger partial charge in [-0.2, -0.15) is 0 Å². The second kappa shape index (κ2) is 8.57. The summed E-state index contributed by atoms with van der Waals surface area (Å²) in [7, 11) is 4.57. The highest BCUT2D eigenvalue weighted by Gasteiger charge is 2.18. The van der Waals surface area contributed by atoms with Gasteiger partial charge in [0.1, 0.15) is 5.69 Å². The van der Waals surface area contributed by atoms with Gasteiger partial charge in [-0.15, -0.1) is 0 Å². The van der Waals surface area contributed by atoms with Gasteiger partial charge in [-0.25, -0.2) is 9.97 Å². The monoisotopic (exact) mass is 372 g/mol. The second-order valence-corrected chi connectivity index (χ2v) is 6.26. The number of benzene rings is 1. The van der Waals surface area contributed by atoms with Gasteiger partial charge in [0.15, 0.2) is 11.5 Å². The summed E-state index contributed by atoms with van der Waals surface area (Å²) in [6.45, 7) is 0. The highest BCUT2D eigenvalue weighted by atomic mass is 16.5. The molecule has 1 aliphatic rings. The summed E-state index contributed by atoms with van der Waals surface area (Å²) in [4.78, 5) is 21.2. The van der Waals surface area contributed by atoms with Crippen molar-refractivity contribution in [3.05, 3.63) is 30.1 Å². The molecular weight excluding hydrogens is 348 g/mol. The number of carbonyl (C=O) groups excluding carboxylic acids is 1. The van der Waals surface area contributed by atoms with E-state index in [0.717, 1.165) is 12.8 Å². The molecule has 1 aromatic carbocycles. The smallest absolute Gasteiger partial charge is 0.274 e. The Bertz CT molecular complexity index is 781. The van der Waals surface area contributed by atoms with Crippen molar-refractivity contribution in [2.24, 2.45) is 0 Å². The summed E-state index contributed by atoms with van der Waals surface area (Å²) < 4.78 is 15.9. The van der Waals surface area contributed by atoms with E-state index in [1.54, 1.807) is 24.4 Å². The average Bonchev–Trinajstić information content (AvgIpc) is 3.20. The van der Waals surface area contributed by atoms with Gasteiger partial charge in [-0.3, -0.25) is 4.79 Å². The van der Waals surface area contributed by atoms with Crippen molar-refractivity contribution in [1.82, 2.24) is 9.97 Å². The van der Waals surface area contributed by atoms with Crippen LogP contribution in [-0.4, -0.2) is 43.2 Å². The molecule has 1 aliphatic carbocycles. The van der Waals surface area contributed by atoms with Gasteiger partial charge < -0.3 is 24.8 Å². The third-order valence-corrected chi connectivity index (χ3v) is 4.50. The van der Waals surface area contributed by atoms with Crippen LogP contribution in [0.25, 0.3) is 0 Å². The zero-order valence-corrected chi connectivity index (χ0v) is 15.7. The molecular formula is C19H24N4O4. The highest BCUT2D eigenvalue weighted by molar-refractivity contribution is 6.03. The zero-order valence-electron chi connectivity index (χ0n) is 15.7. The second-order valence-electron chi connectivity index (χ2n) is 6.26. The van der Waals surface area contributed by atoms with Gasteiger partial charge in [0.25, 0.3) is 5.91 Å². The first kappa shape index (κ1) is 18.8. The molecule has 1 heterocycles. The van der Waals surface area contributed by atoms with Crippen LogP contribution in [0, 0.1) is 0 Å². The van der Waals surface area contributed by atoms with Crippen LogP contribution >= 0.6 is 0 Å². The number of methoxy groups -OCH3 is 3. The van der Waals surface area contributed by atoms with Gasteiger partial charge in [-0.05, 0) is 18.9 Å². The van der Waals surface area contributed by atoms with Crippen LogP contribution in [0.4, 0.5) is 11.6 Å². The van der Waals surface area contributed by atoms with Crippen molar-refractivity contribution in [3.8, 4) is 17.2 Å². The lowest BCUT2D eigenvalue weighted by molar-refractivity contribution is 0.102. The van der Waals surface area contributed by atoms with Gasteiger partial charge in [0, 0.05) is 30.1 Å². The summed E-state index contributed by atoms with van der Waals surface area (Å²) in [5.74, 6) is 1.50. The summed E-state index contributed by atoms with van der Waals surface area (Å²) in [5, 5.41) is 6.10. The lowest BCUT2D eigenvalue weighted by Crippen LogP contribution is -2.19. The molecule has 0 spiro atoms. The minimum absolute atomic E-state index is 0.277. The van der Waals surface area contributed by atoms with E-state index in [2.05, 4.69) is 20.6 Å². The number of ether oxygens (including phenoxy) is 3. The van der Waals surface area contributed by atoms with E-state index in [1.807, 2.05) is 0 Å². The molecule has 1 aromatic heterocycles. The summed E-state index contributed by atoms with van der Waals surface area (Å²) in [5.41, 5.74) is 0.790. The highest BCUT2D eigenvalue weighted by Crippen LogP contribution is 2.40. The van der Waals surface area contributed by atoms with Crippen LogP contribution in [0.1, 0.15) is 36.2 Å². The Kier molecular flexibility index (Phi) is 5.95. The van der Waals surface area contributed by atoms with E-state index in [9.17, 15) is 4.79 Å². The first-order chi connectivity index (χ1) is 13.1. The van der Waals surface area contributed by atoms with Crippen molar-refractivity contribution in [2.45, 2.75) is 31.7 Å². The fourth-order valence-electron chi connectivity index (χ4n) is 3.16. The minimum Gasteiger partial charge on any atom is -0.493 e. The molecule has 1 amide bonds. The van der Waals surface area contributed by atoms with Crippen molar-refractivity contribution in [2.75, 3.05) is 32.0 Å². The maximum Gasteiger partial charge on any atom is 0.274 e. The van der Waals surface area contributed by atoms with E-state index in [-0.39, 0.29) is 11.6 Å². The van der Waals surface area contributed by atoms with Gasteiger partial charge >= 0.3 is 0 Å². The number of amides is 1. The van der Waals surface area contributed by atoms with Crippen molar-refractivity contribution in [1.29, 1.82) is 0 Å². The molecule has 1 fully saturated rings. The number of hydrogen-bond donors (Lipinski definition) is 2. The Morgan fingerprint density at radius 2 is 1.74 bits per heavy atom. The average molecular weight is 372 g/mol. The molecule has 27 heavy (non-hydrogen) atoms. The number of carbonyl (C=O) groups is 1. The Labute approximate surface area is 158 Å². The van der Waals surface area contributed by atoms with Gasteiger partial charge in [-0.1, -0.05) is 12.8 Å². The molecule has 1 saturated carbocycles. The van der Waals surface area contributed by atoms with Crippen molar-refractivity contribution >= 4 is 17.5 Å². The number of rotatable bonds is 7. The van der Waals surface area contributed by atoms with Crippen LogP contribution in [0.3, 0.4) is 0 Å². The standard InChI is InChI=1S/C19H24N4O4/c1-25-15-10-13(11-16(26-2)17(15)27-3)21-18(24)14-8-9-20-19(23-14)22-12-6-4-5-7-12/h8-12H,4-7H2,1-3H3,(H,21,24)(H,20,22,23). The third kappa shape index (κ3) is 4.39. The topological polar surface area (TPSA) is 94.6 Å². The van der Waals surface area contributed by atoms with Crippen LogP contribution < -0.4 is 24.8 Å². The van der Waals surface area contributed by atoms with E-state index in [1.165, 1.54) is 34.2 Å². The van der Waals surface area contributed by atoms with E-state index in [4.69, 9.17) is 14.2 Å². The molecule has 8 heteroatoms. The molecule has 0 unspecified atom stereocenters. The largest absolute Gasteiger partial charge is 0.493 e. The summed E-state index contributed by atoms with van der Waals surface area (Å²) >= 11 is 0. The molecule has 0 bridgehead atoms. The summed E-state index contributed by atoms with van der Waals surface area (Å²) in [6, 6.07) is 5.28.